The van der Waals surface area contributed by atoms with E-state index in [0.29, 0.717) is 27.1 Å². The molecule has 0 aromatic carbocycles. The summed E-state index contributed by atoms with van der Waals surface area (Å²) in [4.78, 5) is 20.3. The number of hydrogen-bond donors (Lipinski definition) is 1. The lowest BCUT2D eigenvalue weighted by Gasteiger charge is -2.06. The van der Waals surface area contributed by atoms with Crippen LogP contribution in [-0.4, -0.2) is 33.2 Å². The Labute approximate surface area is 130 Å². The number of ether oxygens (including phenoxy) is 1. The summed E-state index contributed by atoms with van der Waals surface area (Å²) in [5.41, 5.74) is 1.09. The van der Waals surface area contributed by atoms with E-state index in [-0.39, 0.29) is 5.91 Å². The molecule has 1 amide bonds. The van der Waals surface area contributed by atoms with Crippen LogP contribution in [0.5, 0.6) is 5.75 Å². The maximum Gasteiger partial charge on any atom is 0.261 e. The number of carbonyl (C=O) groups is 1. The number of nitrogens with one attached hydrogen (secondary N) is 1. The van der Waals surface area contributed by atoms with E-state index in [4.69, 9.17) is 4.74 Å². The molecule has 0 aliphatic carbocycles. The van der Waals surface area contributed by atoms with Crippen molar-refractivity contribution >= 4 is 22.4 Å². The third-order valence-corrected chi connectivity index (χ3v) is 3.64. The minimum atomic E-state index is -0.331. The van der Waals surface area contributed by atoms with Crippen LogP contribution in [0.2, 0.25) is 0 Å². The van der Waals surface area contributed by atoms with Crippen molar-refractivity contribution in [3.63, 3.8) is 0 Å². The van der Waals surface area contributed by atoms with E-state index in [1.54, 1.807) is 12.3 Å². The van der Waals surface area contributed by atoms with Gasteiger partial charge in [0.15, 0.2) is 5.01 Å². The molecular weight excluding hydrogens is 302 g/mol. The molecule has 0 bridgehead atoms. The quantitative estimate of drug-likeness (QED) is 0.794. The lowest BCUT2D eigenvalue weighted by atomic mass is 10.2. The number of hydrogen-bond acceptors (Lipinski definition) is 7. The van der Waals surface area contributed by atoms with Crippen LogP contribution in [0, 0.1) is 0 Å². The van der Waals surface area contributed by atoms with Gasteiger partial charge in [0.2, 0.25) is 5.13 Å². The predicted octanol–water partition coefficient (Wildman–Crippen LogP) is 2.26. The minimum absolute atomic E-state index is 0.331. The van der Waals surface area contributed by atoms with Gasteiger partial charge in [-0.3, -0.25) is 20.1 Å². The van der Waals surface area contributed by atoms with Gasteiger partial charge in [-0.05, 0) is 18.2 Å². The van der Waals surface area contributed by atoms with E-state index in [2.05, 4.69) is 25.5 Å². The highest BCUT2D eigenvalue weighted by molar-refractivity contribution is 7.18. The molecule has 0 spiro atoms. The Bertz CT molecular complexity index is 791. The van der Waals surface area contributed by atoms with Crippen molar-refractivity contribution in [1.29, 1.82) is 0 Å². The lowest BCUT2D eigenvalue weighted by Crippen LogP contribution is -2.13. The third kappa shape index (κ3) is 2.91. The second-order valence-corrected chi connectivity index (χ2v) is 5.13. The first kappa shape index (κ1) is 14.1. The molecule has 0 unspecified atom stereocenters. The van der Waals surface area contributed by atoms with Gasteiger partial charge in [-0.2, -0.15) is 0 Å². The molecule has 3 rings (SSSR count). The molecule has 0 atom stereocenters. The number of rotatable bonds is 4. The van der Waals surface area contributed by atoms with Crippen molar-refractivity contribution in [3.8, 4) is 16.5 Å². The molecule has 0 saturated heterocycles. The Hall–Kier alpha value is -2.87. The van der Waals surface area contributed by atoms with Crippen molar-refractivity contribution in [2.45, 2.75) is 0 Å². The fourth-order valence-corrected chi connectivity index (χ4v) is 2.48. The maximum absolute atomic E-state index is 12.2. The fraction of sp³-hybridized carbons (Fsp3) is 0.0714. The van der Waals surface area contributed by atoms with Crippen molar-refractivity contribution in [2.24, 2.45) is 0 Å². The van der Waals surface area contributed by atoms with Crippen molar-refractivity contribution in [2.75, 3.05) is 12.4 Å². The summed E-state index contributed by atoms with van der Waals surface area (Å²) in [6, 6.07) is 7.10. The number of anilines is 1. The Morgan fingerprint density at radius 1 is 1.23 bits per heavy atom. The highest BCUT2D eigenvalue weighted by Gasteiger charge is 2.15. The first-order chi connectivity index (χ1) is 10.8. The van der Waals surface area contributed by atoms with E-state index in [1.165, 1.54) is 30.8 Å². The van der Waals surface area contributed by atoms with Gasteiger partial charge in [-0.25, -0.2) is 0 Å². The Balaban J connectivity index is 1.79. The average molecular weight is 313 g/mol. The summed E-state index contributed by atoms with van der Waals surface area (Å²) < 4.78 is 5.11. The molecule has 110 valence electrons. The molecule has 8 heteroatoms. The largest absolute Gasteiger partial charge is 0.494 e. The molecule has 0 radical (unpaired) electrons. The normalized spacial score (nSPS) is 10.2. The van der Waals surface area contributed by atoms with E-state index in [1.807, 2.05) is 18.2 Å². The SMILES string of the molecule is COc1cnccc1C(=O)Nc1nnc(-c2ccccn2)s1. The molecule has 0 saturated carbocycles. The molecule has 3 aromatic heterocycles. The minimum Gasteiger partial charge on any atom is -0.494 e. The van der Waals surface area contributed by atoms with Crippen molar-refractivity contribution < 1.29 is 9.53 Å². The summed E-state index contributed by atoms with van der Waals surface area (Å²) >= 11 is 1.25. The fourth-order valence-electron chi connectivity index (χ4n) is 1.76. The summed E-state index contributed by atoms with van der Waals surface area (Å²) in [6.07, 6.45) is 4.68. The molecule has 7 nitrogen and oxygen atoms in total. The predicted molar refractivity (Wildman–Crippen MR) is 81.9 cm³/mol. The third-order valence-electron chi connectivity index (χ3n) is 2.78. The summed E-state index contributed by atoms with van der Waals surface area (Å²) in [7, 11) is 1.48. The number of methoxy groups -OCH3 is 1. The first-order valence-corrected chi connectivity index (χ1v) is 7.14. The van der Waals surface area contributed by atoms with Crippen LogP contribution in [0.25, 0.3) is 10.7 Å². The van der Waals surface area contributed by atoms with Gasteiger partial charge >= 0.3 is 0 Å². The van der Waals surface area contributed by atoms with Gasteiger partial charge in [0.05, 0.1) is 18.9 Å². The van der Waals surface area contributed by atoms with Crippen LogP contribution in [0.3, 0.4) is 0 Å². The lowest BCUT2D eigenvalue weighted by molar-refractivity contribution is 0.102. The van der Waals surface area contributed by atoms with E-state index < -0.39 is 0 Å². The average Bonchev–Trinajstić information content (AvgIpc) is 3.04. The second-order valence-electron chi connectivity index (χ2n) is 4.16. The van der Waals surface area contributed by atoms with Crippen LogP contribution in [-0.2, 0) is 0 Å². The van der Waals surface area contributed by atoms with Crippen molar-refractivity contribution in [1.82, 2.24) is 20.2 Å². The Morgan fingerprint density at radius 2 is 2.14 bits per heavy atom. The van der Waals surface area contributed by atoms with E-state index >= 15 is 0 Å². The Kier molecular flexibility index (Phi) is 4.01. The van der Waals surface area contributed by atoms with Crippen LogP contribution in [0.4, 0.5) is 5.13 Å². The number of pyridine rings is 2. The number of carbonyl (C=O) groups excluding carboxylic acids is 1. The van der Waals surface area contributed by atoms with Gasteiger partial charge in [0.25, 0.3) is 5.91 Å². The summed E-state index contributed by atoms with van der Waals surface area (Å²) in [6.45, 7) is 0. The summed E-state index contributed by atoms with van der Waals surface area (Å²) in [5.74, 6) is 0.0671. The molecule has 22 heavy (non-hydrogen) atoms. The van der Waals surface area contributed by atoms with Gasteiger partial charge in [-0.1, -0.05) is 17.4 Å². The summed E-state index contributed by atoms with van der Waals surface area (Å²) in [5, 5.41) is 11.7. The zero-order valence-corrected chi connectivity index (χ0v) is 12.4. The van der Waals surface area contributed by atoms with Crippen molar-refractivity contribution in [3.05, 3.63) is 48.4 Å². The molecule has 0 aliphatic rings. The zero-order valence-electron chi connectivity index (χ0n) is 11.6. The van der Waals surface area contributed by atoms with Crippen LogP contribution < -0.4 is 10.1 Å². The first-order valence-electron chi connectivity index (χ1n) is 6.32. The molecule has 3 aromatic rings. The van der Waals surface area contributed by atoms with E-state index in [0.717, 1.165) is 0 Å². The standard InChI is InChI=1S/C14H11N5O2S/c1-21-11-8-15-7-5-9(11)12(20)17-14-19-18-13(22-14)10-4-2-3-6-16-10/h2-8H,1H3,(H,17,19,20). The monoisotopic (exact) mass is 313 g/mol. The molecule has 0 aliphatic heterocycles. The second kappa shape index (κ2) is 6.27. The topological polar surface area (TPSA) is 89.9 Å². The molecule has 1 N–H and O–H groups in total. The van der Waals surface area contributed by atoms with Gasteiger partial charge in [-0.15, -0.1) is 10.2 Å². The molecular formula is C14H11N5O2S. The number of aromatic nitrogens is 4. The van der Waals surface area contributed by atoms with Crippen LogP contribution >= 0.6 is 11.3 Å². The zero-order chi connectivity index (χ0) is 15.4. The Morgan fingerprint density at radius 3 is 2.91 bits per heavy atom. The highest BCUT2D eigenvalue weighted by atomic mass is 32.1. The number of nitrogens with zero attached hydrogens (tertiary/aromatic N) is 4. The van der Waals surface area contributed by atoms with E-state index in [9.17, 15) is 4.79 Å². The van der Waals surface area contributed by atoms with Crippen LogP contribution in [0.1, 0.15) is 10.4 Å². The maximum atomic E-state index is 12.2. The molecule has 0 fully saturated rings. The molecule has 3 heterocycles. The number of amides is 1. The van der Waals surface area contributed by atoms with Gasteiger partial charge in [0, 0.05) is 12.4 Å². The van der Waals surface area contributed by atoms with Gasteiger partial charge < -0.3 is 4.74 Å². The highest BCUT2D eigenvalue weighted by Crippen LogP contribution is 2.25. The van der Waals surface area contributed by atoms with Crippen LogP contribution in [0.15, 0.2) is 42.9 Å². The van der Waals surface area contributed by atoms with Gasteiger partial charge in [0.1, 0.15) is 11.4 Å². The smallest absolute Gasteiger partial charge is 0.261 e.